The van der Waals surface area contributed by atoms with Crippen LogP contribution < -0.4 is 0 Å². The Kier molecular flexibility index (Phi) is 5.45. The molecule has 1 fully saturated rings. The molecule has 22 heavy (non-hydrogen) atoms. The first-order valence-electron chi connectivity index (χ1n) is 7.19. The lowest BCUT2D eigenvalue weighted by Gasteiger charge is -2.30. The van der Waals surface area contributed by atoms with Gasteiger partial charge in [0.2, 0.25) is 5.91 Å². The number of rotatable bonds is 5. The normalized spacial score (nSPS) is 21.6. The Labute approximate surface area is 140 Å². The summed E-state index contributed by atoms with van der Waals surface area (Å²) in [5, 5.41) is 9.49. The number of carbonyl (C=O) groups is 2. The fraction of sp³-hybridized carbons (Fsp3) is 0.500. The first kappa shape index (κ1) is 17.2. The second-order valence-electron chi connectivity index (χ2n) is 5.99. The number of aliphatic carboxylic acids is 1. The van der Waals surface area contributed by atoms with E-state index in [4.69, 9.17) is 0 Å². The van der Waals surface area contributed by atoms with Gasteiger partial charge in [-0.05, 0) is 25.8 Å². The lowest BCUT2D eigenvalue weighted by molar-refractivity contribution is -0.151. The van der Waals surface area contributed by atoms with Crippen LogP contribution in [0.2, 0.25) is 0 Å². The molecule has 6 heteroatoms. The van der Waals surface area contributed by atoms with Gasteiger partial charge in [-0.3, -0.25) is 4.79 Å². The molecule has 0 radical (unpaired) electrons. The second kappa shape index (κ2) is 6.96. The Hall–Kier alpha value is -1.14. The van der Waals surface area contributed by atoms with Crippen molar-refractivity contribution in [2.45, 2.75) is 31.1 Å². The van der Waals surface area contributed by atoms with Gasteiger partial charge in [0.25, 0.3) is 0 Å². The van der Waals surface area contributed by atoms with Gasteiger partial charge in [-0.1, -0.05) is 30.3 Å². The van der Waals surface area contributed by atoms with E-state index in [1.165, 1.54) is 16.7 Å². The highest BCUT2D eigenvalue weighted by Gasteiger charge is 2.48. The lowest BCUT2D eigenvalue weighted by Crippen LogP contribution is -2.50. The van der Waals surface area contributed by atoms with Crippen molar-refractivity contribution in [3.63, 3.8) is 0 Å². The molecule has 0 aliphatic carbocycles. The Balaban J connectivity index is 2.16. The van der Waals surface area contributed by atoms with Gasteiger partial charge in [-0.15, -0.1) is 11.8 Å². The second-order valence-corrected chi connectivity index (χ2v) is 7.96. The molecular formula is C16H21NO3S2. The van der Waals surface area contributed by atoms with Crippen LogP contribution >= 0.6 is 24.4 Å². The van der Waals surface area contributed by atoms with Gasteiger partial charge in [0.15, 0.2) is 0 Å². The topological polar surface area (TPSA) is 57.6 Å². The molecule has 0 unspecified atom stereocenters. The van der Waals surface area contributed by atoms with E-state index in [2.05, 4.69) is 12.6 Å². The van der Waals surface area contributed by atoms with E-state index in [0.717, 1.165) is 5.56 Å². The predicted molar refractivity (Wildman–Crippen MR) is 92.3 cm³/mol. The molecule has 4 nitrogen and oxygen atoms in total. The zero-order chi connectivity index (χ0) is 16.3. The van der Waals surface area contributed by atoms with Gasteiger partial charge in [0.1, 0.15) is 6.04 Å². The smallest absolute Gasteiger partial charge is 0.327 e. The largest absolute Gasteiger partial charge is 0.480 e. The van der Waals surface area contributed by atoms with Gasteiger partial charge in [0.05, 0.1) is 11.8 Å². The third kappa shape index (κ3) is 3.60. The average Bonchev–Trinajstić information content (AvgIpc) is 2.80. The minimum atomic E-state index is -0.944. The molecule has 1 heterocycles. The Morgan fingerprint density at radius 3 is 2.59 bits per heavy atom. The van der Waals surface area contributed by atoms with Crippen LogP contribution in [0.15, 0.2) is 30.3 Å². The van der Waals surface area contributed by atoms with Crippen molar-refractivity contribution in [3.8, 4) is 0 Å². The fourth-order valence-electron chi connectivity index (χ4n) is 2.75. The molecule has 1 saturated heterocycles. The Bertz CT molecular complexity index is 548. The molecule has 0 bridgehead atoms. The van der Waals surface area contributed by atoms with E-state index in [0.29, 0.717) is 18.1 Å². The number of nitrogens with zero attached hydrogens (tertiary/aromatic N) is 1. The summed E-state index contributed by atoms with van der Waals surface area (Å²) < 4.78 is -0.477. The van der Waals surface area contributed by atoms with Crippen LogP contribution in [-0.4, -0.2) is 44.3 Å². The minimum absolute atomic E-state index is 0.121. The van der Waals surface area contributed by atoms with E-state index in [1.54, 1.807) is 0 Å². The molecule has 1 amide bonds. The van der Waals surface area contributed by atoms with Crippen LogP contribution in [0.5, 0.6) is 0 Å². The number of hydrogen-bond acceptors (Lipinski definition) is 4. The van der Waals surface area contributed by atoms with E-state index < -0.39 is 16.8 Å². The average molecular weight is 339 g/mol. The van der Waals surface area contributed by atoms with E-state index >= 15 is 0 Å². The fourth-order valence-corrected chi connectivity index (χ4v) is 4.17. The van der Waals surface area contributed by atoms with Gasteiger partial charge in [-0.25, -0.2) is 4.79 Å². The highest BCUT2D eigenvalue weighted by molar-refractivity contribution is 8.00. The van der Waals surface area contributed by atoms with Crippen molar-refractivity contribution >= 4 is 36.3 Å². The van der Waals surface area contributed by atoms with Crippen LogP contribution in [0.1, 0.15) is 19.4 Å². The number of benzene rings is 1. The molecule has 1 aromatic carbocycles. The summed E-state index contributed by atoms with van der Waals surface area (Å²) in [6, 6.07) is 8.96. The van der Waals surface area contributed by atoms with Crippen molar-refractivity contribution < 1.29 is 14.7 Å². The maximum atomic E-state index is 12.8. The van der Waals surface area contributed by atoms with E-state index in [9.17, 15) is 14.7 Å². The number of thiol groups is 1. The summed E-state index contributed by atoms with van der Waals surface area (Å²) in [6.45, 7) is 3.74. The third-order valence-electron chi connectivity index (χ3n) is 3.96. The standard InChI is InChI=1S/C16H21NO3S2/c1-16(2)13(15(19)20)17(10-22-16)14(18)12(9-21)8-11-6-4-3-5-7-11/h3-7,12-13,21H,8-10H2,1-2H3,(H,19,20)/t12-,13+/m0/s1. The Morgan fingerprint density at radius 1 is 1.41 bits per heavy atom. The highest BCUT2D eigenvalue weighted by atomic mass is 32.2. The summed E-state index contributed by atoms with van der Waals surface area (Å²) in [6.07, 6.45) is 0.580. The SMILES string of the molecule is CC1(C)SCN(C(=O)[C@H](CS)Cc2ccccc2)[C@@H]1C(=O)O. The van der Waals surface area contributed by atoms with Gasteiger partial charge in [-0.2, -0.15) is 12.6 Å². The number of thioether (sulfide) groups is 1. The molecule has 0 aromatic heterocycles. The molecule has 0 saturated carbocycles. The summed E-state index contributed by atoms with van der Waals surface area (Å²) >= 11 is 5.81. The molecule has 2 atom stereocenters. The van der Waals surface area contributed by atoms with Gasteiger partial charge in [0, 0.05) is 10.5 Å². The molecule has 1 aromatic rings. The minimum Gasteiger partial charge on any atom is -0.480 e. The summed E-state index contributed by atoms with van der Waals surface area (Å²) in [7, 11) is 0. The zero-order valence-electron chi connectivity index (χ0n) is 12.7. The van der Waals surface area contributed by atoms with Gasteiger partial charge >= 0.3 is 5.97 Å². The number of carboxylic acids is 1. The first-order chi connectivity index (χ1) is 10.4. The lowest BCUT2D eigenvalue weighted by atomic mass is 9.96. The molecule has 1 aliphatic heterocycles. The number of carboxylic acid groups (broad SMARTS) is 1. The summed E-state index contributed by atoms with van der Waals surface area (Å²) in [5.41, 5.74) is 1.06. The third-order valence-corrected chi connectivity index (χ3v) is 5.77. The monoisotopic (exact) mass is 339 g/mol. The number of hydrogen-bond donors (Lipinski definition) is 2. The van der Waals surface area contributed by atoms with E-state index in [-0.39, 0.29) is 11.8 Å². The van der Waals surface area contributed by atoms with Crippen LogP contribution in [0.25, 0.3) is 0 Å². The predicted octanol–water partition coefficient (Wildman–Crippen LogP) is 2.54. The summed E-state index contributed by atoms with van der Waals surface area (Å²) in [4.78, 5) is 25.9. The quantitative estimate of drug-likeness (QED) is 0.810. The Morgan fingerprint density at radius 2 is 2.05 bits per heavy atom. The number of carbonyl (C=O) groups excluding carboxylic acids is 1. The maximum absolute atomic E-state index is 12.8. The van der Waals surface area contributed by atoms with Crippen LogP contribution in [-0.2, 0) is 16.0 Å². The molecule has 120 valence electrons. The van der Waals surface area contributed by atoms with Crippen molar-refractivity contribution in [1.82, 2.24) is 4.90 Å². The first-order valence-corrected chi connectivity index (χ1v) is 8.80. The van der Waals surface area contributed by atoms with Crippen molar-refractivity contribution in [2.75, 3.05) is 11.6 Å². The molecule has 0 spiro atoms. The van der Waals surface area contributed by atoms with Crippen LogP contribution in [0, 0.1) is 5.92 Å². The maximum Gasteiger partial charge on any atom is 0.327 e. The van der Waals surface area contributed by atoms with Crippen LogP contribution in [0.4, 0.5) is 0 Å². The van der Waals surface area contributed by atoms with Crippen molar-refractivity contribution in [1.29, 1.82) is 0 Å². The molecule has 1 N–H and O–H groups in total. The van der Waals surface area contributed by atoms with Crippen molar-refractivity contribution in [2.24, 2.45) is 5.92 Å². The van der Waals surface area contributed by atoms with Crippen LogP contribution in [0.3, 0.4) is 0 Å². The highest BCUT2D eigenvalue weighted by Crippen LogP contribution is 2.40. The van der Waals surface area contributed by atoms with E-state index in [1.807, 2.05) is 44.2 Å². The van der Waals surface area contributed by atoms with Crippen molar-refractivity contribution in [3.05, 3.63) is 35.9 Å². The molecule has 2 rings (SSSR count). The molecular weight excluding hydrogens is 318 g/mol. The number of amides is 1. The van der Waals surface area contributed by atoms with Gasteiger partial charge < -0.3 is 10.0 Å². The summed E-state index contributed by atoms with van der Waals surface area (Å²) in [5.74, 6) is -0.545. The molecule has 1 aliphatic rings. The zero-order valence-corrected chi connectivity index (χ0v) is 14.4.